The van der Waals surface area contributed by atoms with E-state index in [-0.39, 0.29) is 17.5 Å². The summed E-state index contributed by atoms with van der Waals surface area (Å²) in [7, 11) is 0. The Morgan fingerprint density at radius 1 is 1.05 bits per heavy atom. The molecule has 2 nitrogen and oxygen atoms in total. The fourth-order valence-electron chi connectivity index (χ4n) is 2.12. The van der Waals surface area contributed by atoms with E-state index < -0.39 is 23.5 Å². The highest BCUT2D eigenvalue weighted by Gasteiger charge is 2.19. The van der Waals surface area contributed by atoms with Gasteiger partial charge in [0.25, 0.3) is 0 Å². The van der Waals surface area contributed by atoms with Gasteiger partial charge < -0.3 is 0 Å². The number of nitrogens with one attached hydrogen (secondary N) is 1. The third-order valence-electron chi connectivity index (χ3n) is 3.20. The van der Waals surface area contributed by atoms with E-state index >= 15 is 0 Å². The number of hydrogen-bond acceptors (Lipinski definition) is 2. The highest BCUT2D eigenvalue weighted by atomic mass is 19.1. The molecule has 0 fully saturated rings. The Labute approximate surface area is 115 Å². The van der Waals surface area contributed by atoms with E-state index in [9.17, 15) is 13.2 Å². The standard InChI is InChI=1S/C15H15F3N2/c1-9-5-6-14(18)11(7-9)15(20-19)8-10-12(16)3-2-4-13(10)17/h2-7,15,20H,8,19H2,1H3. The van der Waals surface area contributed by atoms with E-state index in [1.165, 1.54) is 24.3 Å². The zero-order chi connectivity index (χ0) is 14.7. The average Bonchev–Trinajstić information content (AvgIpc) is 2.42. The lowest BCUT2D eigenvalue weighted by atomic mass is 9.97. The molecule has 0 amide bonds. The molecule has 0 aliphatic rings. The predicted molar refractivity (Wildman–Crippen MR) is 71.3 cm³/mol. The van der Waals surface area contributed by atoms with E-state index in [0.717, 1.165) is 5.56 Å². The minimum Gasteiger partial charge on any atom is -0.271 e. The molecule has 2 rings (SSSR count). The maximum atomic E-state index is 13.8. The van der Waals surface area contributed by atoms with Crippen molar-refractivity contribution in [2.45, 2.75) is 19.4 Å². The second kappa shape index (κ2) is 6.07. The SMILES string of the molecule is Cc1ccc(F)c(C(Cc2c(F)cccc2F)NN)c1. The molecule has 106 valence electrons. The number of hydrogen-bond donors (Lipinski definition) is 2. The smallest absolute Gasteiger partial charge is 0.129 e. The summed E-state index contributed by atoms with van der Waals surface area (Å²) in [6.07, 6.45) is -0.0740. The van der Waals surface area contributed by atoms with Crippen molar-refractivity contribution in [1.29, 1.82) is 0 Å². The van der Waals surface area contributed by atoms with Crippen molar-refractivity contribution in [3.05, 3.63) is 70.5 Å². The molecule has 0 bridgehead atoms. The third kappa shape index (κ3) is 3.00. The first-order valence-corrected chi connectivity index (χ1v) is 6.18. The third-order valence-corrected chi connectivity index (χ3v) is 3.20. The number of aryl methyl sites for hydroxylation is 1. The number of rotatable bonds is 4. The predicted octanol–water partition coefficient (Wildman–Crippen LogP) is 3.16. The van der Waals surface area contributed by atoms with Crippen LogP contribution in [0.3, 0.4) is 0 Å². The lowest BCUT2D eigenvalue weighted by molar-refractivity contribution is 0.480. The van der Waals surface area contributed by atoms with Crippen molar-refractivity contribution in [3.63, 3.8) is 0 Å². The van der Waals surface area contributed by atoms with Gasteiger partial charge in [-0.05, 0) is 31.5 Å². The van der Waals surface area contributed by atoms with Crippen molar-refractivity contribution >= 4 is 0 Å². The van der Waals surface area contributed by atoms with Gasteiger partial charge in [0.2, 0.25) is 0 Å². The van der Waals surface area contributed by atoms with Crippen molar-refractivity contribution in [3.8, 4) is 0 Å². The number of nitrogens with two attached hydrogens (primary N) is 1. The van der Waals surface area contributed by atoms with E-state index in [0.29, 0.717) is 0 Å². The van der Waals surface area contributed by atoms with Crippen LogP contribution in [0.1, 0.15) is 22.7 Å². The molecule has 0 aliphatic heterocycles. The molecule has 1 unspecified atom stereocenters. The molecule has 3 N–H and O–H groups in total. The molecule has 0 saturated heterocycles. The van der Waals surface area contributed by atoms with Crippen LogP contribution >= 0.6 is 0 Å². The van der Waals surface area contributed by atoms with Gasteiger partial charge in [0, 0.05) is 11.1 Å². The van der Waals surface area contributed by atoms with Gasteiger partial charge in [-0.25, -0.2) is 13.2 Å². The van der Waals surface area contributed by atoms with Crippen LogP contribution in [0, 0.1) is 24.4 Å². The van der Waals surface area contributed by atoms with E-state index in [1.54, 1.807) is 19.1 Å². The van der Waals surface area contributed by atoms with Gasteiger partial charge in [0.15, 0.2) is 0 Å². The lowest BCUT2D eigenvalue weighted by Gasteiger charge is -2.18. The van der Waals surface area contributed by atoms with Crippen molar-refractivity contribution in [1.82, 2.24) is 5.43 Å². The van der Waals surface area contributed by atoms with Gasteiger partial charge in [-0.2, -0.15) is 0 Å². The molecule has 1 atom stereocenters. The first-order chi connectivity index (χ1) is 9.52. The van der Waals surface area contributed by atoms with Crippen LogP contribution in [0.4, 0.5) is 13.2 Å². The Balaban J connectivity index is 2.36. The van der Waals surface area contributed by atoms with Gasteiger partial charge in [0.1, 0.15) is 17.5 Å². The van der Waals surface area contributed by atoms with Crippen LogP contribution in [0.15, 0.2) is 36.4 Å². The number of hydrazine groups is 1. The van der Waals surface area contributed by atoms with Gasteiger partial charge in [-0.1, -0.05) is 23.8 Å². The molecule has 0 heterocycles. The summed E-state index contributed by atoms with van der Waals surface area (Å²) in [5, 5.41) is 0. The second-order valence-electron chi connectivity index (χ2n) is 4.65. The highest BCUT2D eigenvalue weighted by molar-refractivity contribution is 5.29. The molecule has 20 heavy (non-hydrogen) atoms. The number of benzene rings is 2. The Morgan fingerprint density at radius 2 is 1.70 bits per heavy atom. The molecule has 0 saturated carbocycles. The molecular formula is C15H15F3N2. The van der Waals surface area contributed by atoms with Gasteiger partial charge in [0.05, 0.1) is 6.04 Å². The van der Waals surface area contributed by atoms with Crippen LogP contribution in [-0.4, -0.2) is 0 Å². The number of halogens is 3. The van der Waals surface area contributed by atoms with Gasteiger partial charge in [-0.15, -0.1) is 0 Å². The second-order valence-corrected chi connectivity index (χ2v) is 4.65. The van der Waals surface area contributed by atoms with Crippen LogP contribution in [-0.2, 0) is 6.42 Å². The molecule has 0 radical (unpaired) electrons. The highest BCUT2D eigenvalue weighted by Crippen LogP contribution is 2.24. The maximum absolute atomic E-state index is 13.8. The minimum absolute atomic E-state index is 0.0740. The topological polar surface area (TPSA) is 38.0 Å². The van der Waals surface area contributed by atoms with E-state index in [2.05, 4.69) is 5.43 Å². The minimum atomic E-state index is -0.707. The molecule has 0 aromatic heterocycles. The fraction of sp³-hybridized carbons (Fsp3) is 0.200. The van der Waals surface area contributed by atoms with Gasteiger partial charge >= 0.3 is 0 Å². The fourth-order valence-corrected chi connectivity index (χ4v) is 2.12. The Kier molecular flexibility index (Phi) is 4.42. The molecule has 2 aromatic carbocycles. The zero-order valence-electron chi connectivity index (χ0n) is 11.0. The van der Waals surface area contributed by atoms with Crippen molar-refractivity contribution < 1.29 is 13.2 Å². The summed E-state index contributed by atoms with van der Waals surface area (Å²) in [5.74, 6) is 3.61. The zero-order valence-corrected chi connectivity index (χ0v) is 11.0. The molecule has 0 spiro atoms. The lowest BCUT2D eigenvalue weighted by Crippen LogP contribution is -2.30. The van der Waals surface area contributed by atoms with Crippen molar-refractivity contribution in [2.75, 3.05) is 0 Å². The van der Waals surface area contributed by atoms with E-state index in [1.807, 2.05) is 0 Å². The quantitative estimate of drug-likeness (QED) is 0.667. The first-order valence-electron chi connectivity index (χ1n) is 6.18. The summed E-state index contributed by atoms with van der Waals surface area (Å²) in [5.41, 5.74) is 3.43. The largest absolute Gasteiger partial charge is 0.271 e. The molecular weight excluding hydrogens is 265 g/mol. The molecule has 5 heteroatoms. The van der Waals surface area contributed by atoms with Crippen molar-refractivity contribution in [2.24, 2.45) is 5.84 Å². The van der Waals surface area contributed by atoms with Crippen LogP contribution in [0.5, 0.6) is 0 Å². The maximum Gasteiger partial charge on any atom is 0.129 e. The summed E-state index contributed by atoms with van der Waals surface area (Å²) in [4.78, 5) is 0. The first kappa shape index (κ1) is 14.6. The summed E-state index contributed by atoms with van der Waals surface area (Å²) >= 11 is 0. The average molecular weight is 280 g/mol. The Morgan fingerprint density at radius 3 is 2.30 bits per heavy atom. The molecule has 0 aliphatic carbocycles. The monoisotopic (exact) mass is 280 g/mol. The van der Waals surface area contributed by atoms with Crippen LogP contribution in [0.25, 0.3) is 0 Å². The summed E-state index contributed by atoms with van der Waals surface area (Å²) in [6.45, 7) is 1.81. The summed E-state index contributed by atoms with van der Waals surface area (Å²) in [6, 6.07) is 7.45. The Hall–Kier alpha value is -1.85. The normalized spacial score (nSPS) is 12.4. The van der Waals surface area contributed by atoms with Gasteiger partial charge in [-0.3, -0.25) is 11.3 Å². The van der Waals surface area contributed by atoms with Crippen LogP contribution < -0.4 is 11.3 Å². The molecule has 2 aromatic rings. The Bertz CT molecular complexity index is 594. The van der Waals surface area contributed by atoms with Crippen LogP contribution in [0.2, 0.25) is 0 Å². The summed E-state index contributed by atoms with van der Waals surface area (Å²) < 4.78 is 41.1. The van der Waals surface area contributed by atoms with E-state index in [4.69, 9.17) is 5.84 Å².